The molecule has 0 aliphatic carbocycles. The van der Waals surface area contributed by atoms with E-state index in [4.69, 9.17) is 23.7 Å². The number of carbonyl (C=O) groups is 2. The van der Waals surface area contributed by atoms with Crippen LogP contribution in [0.3, 0.4) is 0 Å². The molecule has 1 heterocycles. The third-order valence-electron chi connectivity index (χ3n) is 6.38. The SMILES string of the molecule is COc1ccc(CN(C(=O)c2ccc(C(=O)N3CCOCC3)cc2)c2cc(OC)c(OC)c(OC)c2)cc1. The van der Waals surface area contributed by atoms with Gasteiger partial charge in [-0.2, -0.15) is 0 Å². The molecule has 2 amide bonds. The normalized spacial score (nSPS) is 13.0. The fourth-order valence-corrected chi connectivity index (χ4v) is 4.28. The molecule has 4 rings (SSSR count). The average Bonchev–Trinajstić information content (AvgIpc) is 2.99. The van der Waals surface area contributed by atoms with Crippen LogP contribution in [0.25, 0.3) is 0 Å². The molecule has 0 saturated carbocycles. The lowest BCUT2D eigenvalue weighted by Crippen LogP contribution is -2.40. The Balaban J connectivity index is 1.68. The highest BCUT2D eigenvalue weighted by molar-refractivity contribution is 6.07. The van der Waals surface area contributed by atoms with Gasteiger partial charge in [0.15, 0.2) is 11.5 Å². The van der Waals surface area contributed by atoms with Crippen LogP contribution in [-0.4, -0.2) is 71.5 Å². The summed E-state index contributed by atoms with van der Waals surface area (Å²) in [6.07, 6.45) is 0. The minimum Gasteiger partial charge on any atom is -0.497 e. The topological polar surface area (TPSA) is 86.8 Å². The fourth-order valence-electron chi connectivity index (χ4n) is 4.28. The van der Waals surface area contributed by atoms with Crippen LogP contribution in [0, 0.1) is 0 Å². The number of carbonyl (C=O) groups excluding carboxylic acids is 2. The molecule has 1 fully saturated rings. The number of nitrogens with zero attached hydrogens (tertiary/aromatic N) is 2. The van der Waals surface area contributed by atoms with Crippen LogP contribution in [0.4, 0.5) is 5.69 Å². The van der Waals surface area contributed by atoms with Crippen molar-refractivity contribution in [2.75, 3.05) is 59.6 Å². The highest BCUT2D eigenvalue weighted by Gasteiger charge is 2.24. The monoisotopic (exact) mass is 520 g/mol. The molecule has 0 unspecified atom stereocenters. The van der Waals surface area contributed by atoms with E-state index in [0.29, 0.717) is 60.4 Å². The number of benzene rings is 3. The second kappa shape index (κ2) is 12.3. The van der Waals surface area contributed by atoms with E-state index in [9.17, 15) is 9.59 Å². The van der Waals surface area contributed by atoms with E-state index in [-0.39, 0.29) is 18.4 Å². The Labute approximate surface area is 222 Å². The number of methoxy groups -OCH3 is 4. The van der Waals surface area contributed by atoms with Gasteiger partial charge < -0.3 is 33.5 Å². The molecule has 0 aromatic heterocycles. The number of anilines is 1. The Bertz CT molecular complexity index is 1230. The molecule has 1 aliphatic heterocycles. The van der Waals surface area contributed by atoms with Crippen molar-refractivity contribution < 1.29 is 33.3 Å². The quantitative estimate of drug-likeness (QED) is 0.421. The van der Waals surface area contributed by atoms with Gasteiger partial charge in [0.25, 0.3) is 11.8 Å². The summed E-state index contributed by atoms with van der Waals surface area (Å²) in [5, 5.41) is 0. The van der Waals surface area contributed by atoms with Gasteiger partial charge in [-0.25, -0.2) is 0 Å². The summed E-state index contributed by atoms with van der Waals surface area (Å²) in [5.41, 5.74) is 2.42. The number of rotatable bonds is 9. The first-order chi connectivity index (χ1) is 18.5. The Hall–Kier alpha value is -4.24. The molecule has 0 atom stereocenters. The first kappa shape index (κ1) is 26.8. The van der Waals surface area contributed by atoms with E-state index in [1.807, 2.05) is 24.3 Å². The molecule has 0 bridgehead atoms. The van der Waals surface area contributed by atoms with Gasteiger partial charge >= 0.3 is 0 Å². The van der Waals surface area contributed by atoms with Gasteiger partial charge in [-0.15, -0.1) is 0 Å². The van der Waals surface area contributed by atoms with Gasteiger partial charge in [-0.05, 0) is 42.0 Å². The summed E-state index contributed by atoms with van der Waals surface area (Å²) in [4.78, 5) is 30.1. The Morgan fingerprint density at radius 3 is 1.89 bits per heavy atom. The molecule has 0 radical (unpaired) electrons. The van der Waals surface area contributed by atoms with Crippen LogP contribution in [0.1, 0.15) is 26.3 Å². The first-order valence-electron chi connectivity index (χ1n) is 12.2. The molecular weight excluding hydrogens is 488 g/mol. The van der Waals surface area contributed by atoms with Crippen LogP contribution in [0.2, 0.25) is 0 Å². The zero-order chi connectivity index (χ0) is 27.1. The van der Waals surface area contributed by atoms with Gasteiger partial charge in [0.05, 0.1) is 53.9 Å². The maximum Gasteiger partial charge on any atom is 0.258 e. The largest absolute Gasteiger partial charge is 0.497 e. The maximum absolute atomic E-state index is 13.9. The summed E-state index contributed by atoms with van der Waals surface area (Å²) in [7, 11) is 6.19. The molecule has 38 heavy (non-hydrogen) atoms. The van der Waals surface area contributed by atoms with Crippen molar-refractivity contribution in [1.82, 2.24) is 4.90 Å². The molecular formula is C29H32N2O7. The van der Waals surface area contributed by atoms with E-state index in [1.54, 1.807) is 53.3 Å². The van der Waals surface area contributed by atoms with Crippen molar-refractivity contribution >= 4 is 17.5 Å². The predicted molar refractivity (Wildman–Crippen MR) is 143 cm³/mol. The summed E-state index contributed by atoms with van der Waals surface area (Å²) in [6.45, 7) is 2.43. The molecule has 0 spiro atoms. The van der Waals surface area contributed by atoms with Gasteiger partial charge in [-0.1, -0.05) is 12.1 Å². The number of morpholine rings is 1. The van der Waals surface area contributed by atoms with E-state index in [1.165, 1.54) is 21.3 Å². The number of amides is 2. The van der Waals surface area contributed by atoms with Crippen LogP contribution in [0.15, 0.2) is 60.7 Å². The second-order valence-electron chi connectivity index (χ2n) is 8.60. The van der Waals surface area contributed by atoms with E-state index >= 15 is 0 Å². The molecule has 200 valence electrons. The Morgan fingerprint density at radius 2 is 1.37 bits per heavy atom. The second-order valence-corrected chi connectivity index (χ2v) is 8.60. The smallest absolute Gasteiger partial charge is 0.258 e. The molecule has 1 aliphatic rings. The van der Waals surface area contributed by atoms with Crippen molar-refractivity contribution in [3.8, 4) is 23.0 Å². The highest BCUT2D eigenvalue weighted by atomic mass is 16.5. The van der Waals surface area contributed by atoms with E-state index < -0.39 is 0 Å². The van der Waals surface area contributed by atoms with Crippen molar-refractivity contribution in [3.05, 3.63) is 77.4 Å². The third-order valence-corrected chi connectivity index (χ3v) is 6.38. The summed E-state index contributed by atoms with van der Waals surface area (Å²) in [6, 6.07) is 17.7. The molecule has 9 nitrogen and oxygen atoms in total. The van der Waals surface area contributed by atoms with Crippen LogP contribution in [0.5, 0.6) is 23.0 Å². The molecule has 9 heteroatoms. The Morgan fingerprint density at radius 1 is 0.789 bits per heavy atom. The van der Waals surface area contributed by atoms with E-state index in [2.05, 4.69) is 0 Å². The summed E-state index contributed by atoms with van der Waals surface area (Å²) >= 11 is 0. The van der Waals surface area contributed by atoms with Crippen molar-refractivity contribution in [2.45, 2.75) is 6.54 Å². The maximum atomic E-state index is 13.9. The average molecular weight is 521 g/mol. The van der Waals surface area contributed by atoms with Crippen LogP contribution < -0.4 is 23.8 Å². The van der Waals surface area contributed by atoms with Gasteiger partial charge in [-0.3, -0.25) is 9.59 Å². The highest BCUT2D eigenvalue weighted by Crippen LogP contribution is 2.41. The molecule has 3 aromatic rings. The first-order valence-corrected chi connectivity index (χ1v) is 12.2. The lowest BCUT2D eigenvalue weighted by molar-refractivity contribution is 0.0303. The number of hydrogen-bond acceptors (Lipinski definition) is 7. The van der Waals surface area contributed by atoms with Crippen molar-refractivity contribution in [1.29, 1.82) is 0 Å². The zero-order valence-corrected chi connectivity index (χ0v) is 22.1. The van der Waals surface area contributed by atoms with Crippen molar-refractivity contribution in [3.63, 3.8) is 0 Å². The van der Waals surface area contributed by atoms with Crippen molar-refractivity contribution in [2.24, 2.45) is 0 Å². The fraction of sp³-hybridized carbons (Fsp3) is 0.310. The van der Waals surface area contributed by atoms with Gasteiger partial charge in [0, 0.05) is 36.3 Å². The van der Waals surface area contributed by atoms with Gasteiger partial charge in [0.2, 0.25) is 5.75 Å². The standard InChI is InChI=1S/C29H32N2O7/c1-34-24-11-5-20(6-12-24)19-31(23-17-25(35-2)27(37-4)26(18-23)36-3)29(33)22-9-7-21(8-10-22)28(32)30-13-15-38-16-14-30/h5-12,17-18H,13-16,19H2,1-4H3. The minimum atomic E-state index is -0.250. The Kier molecular flexibility index (Phi) is 8.70. The van der Waals surface area contributed by atoms with Crippen LogP contribution in [-0.2, 0) is 11.3 Å². The summed E-state index contributed by atoms with van der Waals surface area (Å²) in [5.74, 6) is 1.69. The minimum absolute atomic E-state index is 0.0768. The lowest BCUT2D eigenvalue weighted by Gasteiger charge is -2.27. The summed E-state index contributed by atoms with van der Waals surface area (Å²) < 4.78 is 27.1. The molecule has 3 aromatic carbocycles. The van der Waals surface area contributed by atoms with E-state index in [0.717, 1.165) is 11.3 Å². The molecule has 1 saturated heterocycles. The molecule has 0 N–H and O–H groups in total. The lowest BCUT2D eigenvalue weighted by atomic mass is 10.1. The number of hydrogen-bond donors (Lipinski definition) is 0. The predicted octanol–water partition coefficient (Wildman–Crippen LogP) is 4.04. The third kappa shape index (κ3) is 5.84. The van der Waals surface area contributed by atoms with Gasteiger partial charge in [0.1, 0.15) is 5.75 Å². The zero-order valence-electron chi connectivity index (χ0n) is 22.1. The van der Waals surface area contributed by atoms with Crippen LogP contribution >= 0.6 is 0 Å². The number of ether oxygens (including phenoxy) is 5.